The number of hydrogen-bond donors (Lipinski definition) is 1. The van der Waals surface area contributed by atoms with Crippen LogP contribution in [0.4, 0.5) is 0 Å². The van der Waals surface area contributed by atoms with Crippen molar-refractivity contribution in [3.05, 3.63) is 51.5 Å². The molecule has 0 aliphatic heterocycles. The Morgan fingerprint density at radius 1 is 1.35 bits per heavy atom. The van der Waals surface area contributed by atoms with Gasteiger partial charge in [-0.15, -0.1) is 11.3 Å². The Balaban J connectivity index is 1.95. The number of aryl methyl sites for hydroxylation is 2. The lowest BCUT2D eigenvalue weighted by Crippen LogP contribution is -2.18. The van der Waals surface area contributed by atoms with Crippen LogP contribution in [0, 0.1) is 13.8 Å². The van der Waals surface area contributed by atoms with Crippen LogP contribution in [0.15, 0.2) is 29.6 Å². The first-order chi connectivity index (χ1) is 8.15. The van der Waals surface area contributed by atoms with Gasteiger partial charge in [-0.1, -0.05) is 29.8 Å². The predicted molar refractivity (Wildman–Crippen MR) is 73.3 cm³/mol. The molecule has 1 atom stereocenters. The number of hydrogen-bond acceptors (Lipinski definition) is 3. The van der Waals surface area contributed by atoms with Crippen molar-refractivity contribution >= 4 is 11.3 Å². The van der Waals surface area contributed by atoms with E-state index < -0.39 is 0 Å². The minimum atomic E-state index is 0.360. The molecule has 0 aliphatic rings. The molecule has 0 spiro atoms. The van der Waals surface area contributed by atoms with Crippen molar-refractivity contribution in [3.8, 4) is 0 Å². The highest BCUT2D eigenvalue weighted by Crippen LogP contribution is 2.15. The monoisotopic (exact) mass is 246 g/mol. The summed E-state index contributed by atoms with van der Waals surface area (Å²) in [6.07, 6.45) is 0. The molecule has 0 saturated carbocycles. The number of nitrogens with zero attached hydrogens (tertiary/aromatic N) is 1. The molecular weight excluding hydrogens is 228 g/mol. The molecule has 2 nitrogen and oxygen atoms in total. The minimum absolute atomic E-state index is 0.360. The number of thiazole rings is 1. The zero-order valence-electron chi connectivity index (χ0n) is 10.5. The molecule has 3 heteroatoms. The molecule has 2 rings (SSSR count). The standard InChI is InChI=1S/C14H18N2S/c1-10-5-4-6-13(7-10)12(3)15-8-14-16-11(2)9-17-14/h4-7,9,12,15H,8H2,1-3H3. The lowest BCUT2D eigenvalue weighted by molar-refractivity contribution is 0.572. The van der Waals surface area contributed by atoms with E-state index in [1.807, 2.05) is 6.92 Å². The van der Waals surface area contributed by atoms with Crippen molar-refractivity contribution in [2.75, 3.05) is 0 Å². The van der Waals surface area contributed by atoms with E-state index in [9.17, 15) is 0 Å². The number of nitrogens with one attached hydrogen (secondary N) is 1. The summed E-state index contributed by atoms with van der Waals surface area (Å²) in [5.74, 6) is 0. The topological polar surface area (TPSA) is 24.9 Å². The molecule has 1 unspecified atom stereocenters. The maximum absolute atomic E-state index is 4.45. The number of aromatic nitrogens is 1. The van der Waals surface area contributed by atoms with Gasteiger partial charge in [0.25, 0.3) is 0 Å². The van der Waals surface area contributed by atoms with Gasteiger partial charge >= 0.3 is 0 Å². The first-order valence-corrected chi connectivity index (χ1v) is 6.74. The Morgan fingerprint density at radius 2 is 2.18 bits per heavy atom. The van der Waals surface area contributed by atoms with Crippen LogP contribution in [0.5, 0.6) is 0 Å². The van der Waals surface area contributed by atoms with Gasteiger partial charge in [-0.05, 0) is 26.3 Å². The lowest BCUT2D eigenvalue weighted by Gasteiger charge is -2.13. The van der Waals surface area contributed by atoms with Crippen LogP contribution < -0.4 is 5.32 Å². The minimum Gasteiger partial charge on any atom is -0.304 e. The Morgan fingerprint density at radius 3 is 2.82 bits per heavy atom. The molecule has 1 aromatic carbocycles. The van der Waals surface area contributed by atoms with E-state index in [1.165, 1.54) is 11.1 Å². The van der Waals surface area contributed by atoms with Crippen LogP contribution in [0.25, 0.3) is 0 Å². The summed E-state index contributed by atoms with van der Waals surface area (Å²) >= 11 is 1.72. The maximum Gasteiger partial charge on any atom is 0.107 e. The number of benzene rings is 1. The third-order valence-corrected chi connectivity index (χ3v) is 3.73. The highest BCUT2D eigenvalue weighted by molar-refractivity contribution is 7.09. The SMILES string of the molecule is Cc1cccc(C(C)NCc2nc(C)cs2)c1. The molecule has 0 fully saturated rings. The third kappa shape index (κ3) is 3.38. The summed E-state index contributed by atoms with van der Waals surface area (Å²) < 4.78 is 0. The molecule has 90 valence electrons. The Labute approximate surface area is 107 Å². The van der Waals surface area contributed by atoms with Crippen molar-refractivity contribution in [1.29, 1.82) is 0 Å². The average Bonchev–Trinajstić information content (AvgIpc) is 2.72. The highest BCUT2D eigenvalue weighted by atomic mass is 32.1. The lowest BCUT2D eigenvalue weighted by atomic mass is 10.1. The first-order valence-electron chi connectivity index (χ1n) is 5.86. The van der Waals surface area contributed by atoms with Crippen molar-refractivity contribution in [2.24, 2.45) is 0 Å². The van der Waals surface area contributed by atoms with Gasteiger partial charge in [0.15, 0.2) is 0 Å². The fourth-order valence-electron chi connectivity index (χ4n) is 1.78. The fourth-order valence-corrected chi connectivity index (χ4v) is 2.50. The second-order valence-electron chi connectivity index (χ2n) is 4.40. The van der Waals surface area contributed by atoms with Crippen molar-refractivity contribution in [1.82, 2.24) is 10.3 Å². The summed E-state index contributed by atoms with van der Waals surface area (Å²) in [7, 11) is 0. The molecule has 1 heterocycles. The van der Waals surface area contributed by atoms with Crippen LogP contribution in [0.1, 0.15) is 34.8 Å². The highest BCUT2D eigenvalue weighted by Gasteiger charge is 2.06. The van der Waals surface area contributed by atoms with Crippen molar-refractivity contribution in [3.63, 3.8) is 0 Å². The molecule has 17 heavy (non-hydrogen) atoms. The molecule has 0 saturated heterocycles. The first kappa shape index (κ1) is 12.3. The van der Waals surface area contributed by atoms with Crippen LogP contribution in [-0.2, 0) is 6.54 Å². The van der Waals surface area contributed by atoms with Gasteiger partial charge in [-0.2, -0.15) is 0 Å². The second-order valence-corrected chi connectivity index (χ2v) is 5.34. The summed E-state index contributed by atoms with van der Waals surface area (Å²) in [5.41, 5.74) is 3.74. The van der Waals surface area contributed by atoms with Crippen LogP contribution >= 0.6 is 11.3 Å². The molecule has 0 aliphatic carbocycles. The van der Waals surface area contributed by atoms with Gasteiger partial charge in [0.2, 0.25) is 0 Å². The molecule has 0 amide bonds. The van der Waals surface area contributed by atoms with Gasteiger partial charge in [-0.3, -0.25) is 0 Å². The van der Waals surface area contributed by atoms with Gasteiger partial charge < -0.3 is 5.32 Å². The smallest absolute Gasteiger partial charge is 0.107 e. The van der Waals surface area contributed by atoms with Crippen molar-refractivity contribution < 1.29 is 0 Å². The fraction of sp³-hybridized carbons (Fsp3) is 0.357. The zero-order chi connectivity index (χ0) is 12.3. The largest absolute Gasteiger partial charge is 0.304 e. The van der Waals surface area contributed by atoms with Crippen LogP contribution in [0.3, 0.4) is 0 Å². The van der Waals surface area contributed by atoms with Gasteiger partial charge in [0.1, 0.15) is 5.01 Å². The van der Waals surface area contributed by atoms with Gasteiger partial charge in [0, 0.05) is 23.7 Å². The zero-order valence-corrected chi connectivity index (χ0v) is 11.3. The van der Waals surface area contributed by atoms with Gasteiger partial charge in [-0.25, -0.2) is 4.98 Å². The summed E-state index contributed by atoms with van der Waals surface area (Å²) in [5, 5.41) is 6.75. The summed E-state index contributed by atoms with van der Waals surface area (Å²) in [4.78, 5) is 4.45. The van der Waals surface area contributed by atoms with Gasteiger partial charge in [0.05, 0.1) is 0 Å². The van der Waals surface area contributed by atoms with E-state index >= 15 is 0 Å². The van der Waals surface area contributed by atoms with E-state index in [1.54, 1.807) is 11.3 Å². The molecule has 2 aromatic rings. The van der Waals surface area contributed by atoms with Crippen LogP contribution in [0.2, 0.25) is 0 Å². The van der Waals surface area contributed by atoms with E-state index in [2.05, 4.69) is 53.8 Å². The molecule has 1 N–H and O–H groups in total. The molecule has 0 radical (unpaired) electrons. The maximum atomic E-state index is 4.45. The van der Waals surface area contributed by atoms with Crippen molar-refractivity contribution in [2.45, 2.75) is 33.4 Å². The normalized spacial score (nSPS) is 12.6. The summed E-state index contributed by atoms with van der Waals surface area (Å²) in [6.45, 7) is 7.19. The number of rotatable bonds is 4. The predicted octanol–water partition coefficient (Wildman–Crippen LogP) is 3.61. The quantitative estimate of drug-likeness (QED) is 0.891. The van der Waals surface area contributed by atoms with E-state index in [0.29, 0.717) is 6.04 Å². The van der Waals surface area contributed by atoms with E-state index in [0.717, 1.165) is 17.2 Å². The summed E-state index contributed by atoms with van der Waals surface area (Å²) in [6, 6.07) is 8.98. The Bertz CT molecular complexity index is 490. The Kier molecular flexibility index (Phi) is 3.92. The van der Waals surface area contributed by atoms with E-state index in [-0.39, 0.29) is 0 Å². The third-order valence-electron chi connectivity index (χ3n) is 2.77. The molecule has 1 aromatic heterocycles. The molecular formula is C14H18N2S. The second kappa shape index (κ2) is 5.43. The Hall–Kier alpha value is -1.19. The average molecular weight is 246 g/mol. The molecule has 0 bridgehead atoms. The van der Waals surface area contributed by atoms with E-state index in [4.69, 9.17) is 0 Å². The van der Waals surface area contributed by atoms with Crippen LogP contribution in [-0.4, -0.2) is 4.98 Å².